The molecule has 17 heavy (non-hydrogen) atoms. The summed E-state index contributed by atoms with van der Waals surface area (Å²) < 4.78 is 30.9. The maximum Gasteiger partial charge on any atom is 0.126 e. The first-order valence-electron chi connectivity index (χ1n) is 5.53. The van der Waals surface area contributed by atoms with Gasteiger partial charge in [-0.25, -0.2) is 8.78 Å². The van der Waals surface area contributed by atoms with Crippen molar-refractivity contribution in [1.82, 2.24) is 5.32 Å². The molecule has 1 aromatic carbocycles. The van der Waals surface area contributed by atoms with Crippen LogP contribution in [0.2, 0.25) is 0 Å². The third-order valence-electron chi connectivity index (χ3n) is 2.79. The molecule has 1 aliphatic rings. The summed E-state index contributed by atoms with van der Waals surface area (Å²) >= 11 is 0. The van der Waals surface area contributed by atoms with E-state index in [1.165, 1.54) is 12.1 Å². The van der Waals surface area contributed by atoms with Gasteiger partial charge in [0.05, 0.1) is 6.61 Å². The predicted molar refractivity (Wildman–Crippen MR) is 58.5 cm³/mol. The number of benzene rings is 1. The van der Waals surface area contributed by atoms with E-state index in [-0.39, 0.29) is 0 Å². The summed E-state index contributed by atoms with van der Waals surface area (Å²) in [6, 6.07) is 3.37. The quantitative estimate of drug-likeness (QED) is 0.835. The van der Waals surface area contributed by atoms with E-state index in [9.17, 15) is 13.9 Å². The first-order chi connectivity index (χ1) is 8.07. The summed E-state index contributed by atoms with van der Waals surface area (Å²) in [4.78, 5) is 0. The highest BCUT2D eigenvalue weighted by atomic mass is 19.1. The Kier molecular flexibility index (Phi) is 3.71. The summed E-state index contributed by atoms with van der Waals surface area (Å²) in [5.41, 5.74) is -0.337. The molecule has 0 spiro atoms. The Hall–Kier alpha value is -1.04. The van der Waals surface area contributed by atoms with Gasteiger partial charge in [-0.3, -0.25) is 0 Å². The predicted octanol–water partition coefficient (Wildman–Crippen LogP) is 1.21. The van der Waals surface area contributed by atoms with Gasteiger partial charge in [-0.2, -0.15) is 0 Å². The first-order valence-corrected chi connectivity index (χ1v) is 5.53. The number of aliphatic hydroxyl groups is 1. The molecule has 1 heterocycles. The second-order valence-electron chi connectivity index (χ2n) is 4.41. The van der Waals surface area contributed by atoms with Crippen LogP contribution in [-0.2, 0) is 11.3 Å². The lowest BCUT2D eigenvalue weighted by atomic mass is 10.0. The van der Waals surface area contributed by atoms with Gasteiger partial charge in [-0.05, 0) is 17.7 Å². The van der Waals surface area contributed by atoms with Crippen molar-refractivity contribution in [1.29, 1.82) is 0 Å². The Morgan fingerprint density at radius 2 is 2.00 bits per heavy atom. The molecule has 0 aromatic heterocycles. The van der Waals surface area contributed by atoms with Gasteiger partial charge in [0.15, 0.2) is 0 Å². The zero-order chi connectivity index (χ0) is 12.3. The zero-order valence-electron chi connectivity index (χ0n) is 9.38. The Morgan fingerprint density at radius 1 is 1.29 bits per heavy atom. The molecule has 2 N–H and O–H groups in total. The lowest BCUT2D eigenvalue weighted by molar-refractivity contribution is 0.0268. The van der Waals surface area contributed by atoms with E-state index >= 15 is 0 Å². The fraction of sp³-hybridized carbons (Fsp3) is 0.500. The normalized spacial score (nSPS) is 24.2. The minimum absolute atomic E-state index is 0.303. The minimum atomic E-state index is -0.855. The molecule has 0 saturated carbocycles. The number of hydrogen-bond acceptors (Lipinski definition) is 3. The van der Waals surface area contributed by atoms with E-state index in [1.807, 2.05) is 0 Å². The van der Waals surface area contributed by atoms with Crippen LogP contribution in [0.1, 0.15) is 12.0 Å². The molecule has 0 bridgehead atoms. The van der Waals surface area contributed by atoms with Crippen LogP contribution < -0.4 is 5.32 Å². The Morgan fingerprint density at radius 3 is 2.59 bits per heavy atom. The molecule has 2 rings (SSSR count). The molecule has 1 fully saturated rings. The lowest BCUT2D eigenvalue weighted by Gasteiger charge is -2.20. The van der Waals surface area contributed by atoms with Crippen LogP contribution in [0.15, 0.2) is 18.2 Å². The van der Waals surface area contributed by atoms with Gasteiger partial charge in [0.25, 0.3) is 0 Å². The molecule has 0 radical (unpaired) electrons. The number of ether oxygens (including phenoxy) is 1. The molecule has 3 nitrogen and oxygen atoms in total. The van der Waals surface area contributed by atoms with Gasteiger partial charge < -0.3 is 15.2 Å². The molecule has 94 valence electrons. The topological polar surface area (TPSA) is 41.5 Å². The van der Waals surface area contributed by atoms with Crippen molar-refractivity contribution in [2.24, 2.45) is 0 Å². The summed E-state index contributed by atoms with van der Waals surface area (Å²) in [7, 11) is 0. The molecule has 1 unspecified atom stereocenters. The van der Waals surface area contributed by atoms with Crippen molar-refractivity contribution < 1.29 is 18.6 Å². The molecule has 1 aromatic rings. The second kappa shape index (κ2) is 5.08. The largest absolute Gasteiger partial charge is 0.386 e. The first kappa shape index (κ1) is 12.4. The van der Waals surface area contributed by atoms with Crippen LogP contribution in [0.4, 0.5) is 8.78 Å². The average molecular weight is 243 g/mol. The monoisotopic (exact) mass is 243 g/mol. The van der Waals surface area contributed by atoms with Crippen molar-refractivity contribution in [3.8, 4) is 0 Å². The van der Waals surface area contributed by atoms with Crippen LogP contribution in [0, 0.1) is 11.6 Å². The van der Waals surface area contributed by atoms with E-state index in [1.54, 1.807) is 0 Å². The standard InChI is InChI=1S/C12H15F2NO2/c13-10-3-9(4-11(14)5-10)6-15-7-12(16)1-2-17-8-12/h3-5,15-16H,1-2,6-8H2. The van der Waals surface area contributed by atoms with E-state index in [4.69, 9.17) is 4.74 Å². The molecule has 1 atom stereocenters. The molecule has 1 saturated heterocycles. The average Bonchev–Trinajstić information content (AvgIpc) is 2.64. The van der Waals surface area contributed by atoms with Crippen LogP contribution in [0.25, 0.3) is 0 Å². The number of hydrogen-bond donors (Lipinski definition) is 2. The second-order valence-corrected chi connectivity index (χ2v) is 4.41. The van der Waals surface area contributed by atoms with Crippen molar-refractivity contribution >= 4 is 0 Å². The summed E-state index contributed by atoms with van der Waals surface area (Å²) in [6.07, 6.45) is 0.581. The van der Waals surface area contributed by atoms with Crippen LogP contribution in [0.5, 0.6) is 0 Å². The molecule has 0 aliphatic carbocycles. The van der Waals surface area contributed by atoms with Gasteiger partial charge in [-0.15, -0.1) is 0 Å². The van der Waals surface area contributed by atoms with Gasteiger partial charge in [0.1, 0.15) is 17.2 Å². The van der Waals surface area contributed by atoms with E-state index in [0.29, 0.717) is 38.3 Å². The Bertz CT molecular complexity index is 372. The SMILES string of the molecule is OC1(CNCc2cc(F)cc(F)c2)CCOC1. The maximum absolute atomic E-state index is 12.9. The summed E-state index contributed by atoms with van der Waals surface area (Å²) in [5.74, 6) is -1.19. The molecule has 5 heteroatoms. The highest BCUT2D eigenvalue weighted by molar-refractivity contribution is 5.17. The number of halogens is 2. The highest BCUT2D eigenvalue weighted by Gasteiger charge is 2.31. The van der Waals surface area contributed by atoms with E-state index in [2.05, 4.69) is 5.32 Å². The van der Waals surface area contributed by atoms with Gasteiger partial charge in [0, 0.05) is 32.2 Å². The molecule has 1 aliphatic heterocycles. The molecule has 0 amide bonds. The van der Waals surface area contributed by atoms with Crippen molar-refractivity contribution in [3.05, 3.63) is 35.4 Å². The van der Waals surface area contributed by atoms with Gasteiger partial charge in [0.2, 0.25) is 0 Å². The molecular weight excluding hydrogens is 228 g/mol. The molecular formula is C12H15F2NO2. The third-order valence-corrected chi connectivity index (χ3v) is 2.79. The fourth-order valence-electron chi connectivity index (χ4n) is 1.89. The highest BCUT2D eigenvalue weighted by Crippen LogP contribution is 2.17. The summed E-state index contributed by atoms with van der Waals surface area (Å²) in [6.45, 7) is 1.52. The van der Waals surface area contributed by atoms with Crippen LogP contribution in [0.3, 0.4) is 0 Å². The third kappa shape index (κ3) is 3.46. The minimum Gasteiger partial charge on any atom is -0.386 e. The van der Waals surface area contributed by atoms with Gasteiger partial charge >= 0.3 is 0 Å². The van der Waals surface area contributed by atoms with Crippen LogP contribution >= 0.6 is 0 Å². The Balaban J connectivity index is 1.85. The van der Waals surface area contributed by atoms with Crippen molar-refractivity contribution in [3.63, 3.8) is 0 Å². The van der Waals surface area contributed by atoms with Crippen molar-refractivity contribution in [2.75, 3.05) is 19.8 Å². The number of nitrogens with one attached hydrogen (secondary N) is 1. The van der Waals surface area contributed by atoms with E-state index < -0.39 is 17.2 Å². The lowest BCUT2D eigenvalue weighted by Crippen LogP contribution is -2.40. The fourth-order valence-corrected chi connectivity index (χ4v) is 1.89. The summed E-state index contributed by atoms with van der Waals surface area (Å²) in [5, 5.41) is 12.9. The maximum atomic E-state index is 12.9. The Labute approximate surface area is 98.4 Å². The van der Waals surface area contributed by atoms with Gasteiger partial charge in [-0.1, -0.05) is 0 Å². The zero-order valence-corrected chi connectivity index (χ0v) is 9.38. The number of rotatable bonds is 4. The smallest absolute Gasteiger partial charge is 0.126 e. The van der Waals surface area contributed by atoms with Crippen LogP contribution in [-0.4, -0.2) is 30.5 Å². The van der Waals surface area contributed by atoms with Crippen molar-refractivity contribution in [2.45, 2.75) is 18.6 Å². The van der Waals surface area contributed by atoms with E-state index in [0.717, 1.165) is 6.07 Å².